The van der Waals surface area contributed by atoms with Crippen molar-refractivity contribution < 1.29 is 9.90 Å². The second-order valence-electron chi connectivity index (χ2n) is 4.58. The molecule has 0 bridgehead atoms. The summed E-state index contributed by atoms with van der Waals surface area (Å²) in [5.41, 5.74) is 7.35. The van der Waals surface area contributed by atoms with Crippen LogP contribution >= 0.6 is 47.2 Å². The number of amides is 1. The van der Waals surface area contributed by atoms with Gasteiger partial charge in [-0.1, -0.05) is 46.9 Å². The molecule has 0 heterocycles. The third-order valence-electron chi connectivity index (χ3n) is 3.04. The quantitative estimate of drug-likeness (QED) is 0.807. The Balaban J connectivity index is 0.00000200. The first-order valence-electron chi connectivity index (χ1n) is 5.70. The van der Waals surface area contributed by atoms with Gasteiger partial charge in [-0.25, -0.2) is 4.79 Å². The Hall–Kier alpha value is -0.390. The van der Waals surface area contributed by atoms with Gasteiger partial charge in [-0.2, -0.15) is 0 Å². The summed E-state index contributed by atoms with van der Waals surface area (Å²) in [6.07, 6.45) is -0.196. The minimum atomic E-state index is -1.66. The van der Waals surface area contributed by atoms with Crippen molar-refractivity contribution in [2.24, 2.45) is 5.73 Å². The Kier molecular flexibility index (Phi) is 5.81. The topological polar surface area (TPSA) is 66.6 Å². The number of carbonyl (C=O) groups is 1. The van der Waals surface area contributed by atoms with Crippen LogP contribution in [0.15, 0.2) is 24.3 Å². The zero-order chi connectivity index (χ0) is 14.2. The van der Waals surface area contributed by atoms with Gasteiger partial charge in [0.15, 0.2) is 0 Å². The van der Waals surface area contributed by atoms with Crippen LogP contribution in [0.3, 0.4) is 0 Å². The predicted octanol–water partition coefficient (Wildman–Crippen LogP) is 3.78. The number of nitrogens with two attached hydrogens (primary N) is 1. The zero-order valence-electron chi connectivity index (χ0n) is 10.3. The molecule has 1 aliphatic rings. The molecule has 3 N–H and O–H groups in total. The molecule has 1 aromatic carbocycles. The molecule has 20 heavy (non-hydrogen) atoms. The predicted molar refractivity (Wildman–Crippen MR) is 84.7 cm³/mol. The zero-order valence-corrected chi connectivity index (χ0v) is 13.4. The number of benzene rings is 1. The number of hydrogen-bond donors (Lipinski definition) is 2. The van der Waals surface area contributed by atoms with Gasteiger partial charge in [0.05, 0.1) is 6.54 Å². The number of halogens is 4. The monoisotopic (exact) mass is 358 g/mol. The van der Waals surface area contributed by atoms with Gasteiger partial charge in [-0.15, -0.1) is 12.4 Å². The molecule has 0 saturated heterocycles. The van der Waals surface area contributed by atoms with Crippen molar-refractivity contribution in [1.82, 2.24) is 0 Å². The second-order valence-corrected chi connectivity index (χ2v) is 7.10. The Morgan fingerprint density at radius 2 is 1.85 bits per heavy atom. The average molecular weight is 360 g/mol. The number of anilines is 1. The van der Waals surface area contributed by atoms with E-state index in [4.69, 9.17) is 45.6 Å². The molecule has 1 saturated carbocycles. The van der Waals surface area contributed by atoms with Crippen LogP contribution in [0.2, 0.25) is 0 Å². The fraction of sp³-hybridized carbons (Fsp3) is 0.417. The minimum Gasteiger partial charge on any atom is -0.465 e. The molecule has 1 aliphatic carbocycles. The highest BCUT2D eigenvalue weighted by Gasteiger charge is 2.35. The Labute approximate surface area is 138 Å². The summed E-state index contributed by atoms with van der Waals surface area (Å²) in [7, 11) is 0. The number of carboxylic acid groups (broad SMARTS) is 1. The number of nitrogens with zero attached hydrogens (tertiary/aromatic N) is 1. The molecule has 0 radical (unpaired) electrons. The Morgan fingerprint density at radius 3 is 2.20 bits per heavy atom. The fourth-order valence-corrected chi connectivity index (χ4v) is 2.31. The van der Waals surface area contributed by atoms with E-state index in [-0.39, 0.29) is 25.0 Å². The first-order chi connectivity index (χ1) is 8.78. The van der Waals surface area contributed by atoms with E-state index in [0.29, 0.717) is 11.6 Å². The molecule has 2 rings (SSSR count). The summed E-state index contributed by atoms with van der Waals surface area (Å²) in [5, 5.41) is 9.15. The van der Waals surface area contributed by atoms with E-state index in [0.717, 1.165) is 16.9 Å². The molecule has 0 aliphatic heterocycles. The normalized spacial score (nSPS) is 21.0. The van der Waals surface area contributed by atoms with Crippen molar-refractivity contribution in [2.45, 2.75) is 22.2 Å². The molecule has 1 aromatic rings. The van der Waals surface area contributed by atoms with E-state index in [1.807, 2.05) is 12.1 Å². The van der Waals surface area contributed by atoms with Crippen LogP contribution in [0.25, 0.3) is 0 Å². The SMILES string of the molecule is Cl.NC1CC1c1ccc(N(CC(Cl)(Cl)Cl)C(=O)O)cc1. The fourth-order valence-electron chi connectivity index (χ4n) is 1.95. The molecule has 0 aromatic heterocycles. The maximum Gasteiger partial charge on any atom is 0.411 e. The van der Waals surface area contributed by atoms with Crippen molar-refractivity contribution in [2.75, 3.05) is 11.4 Å². The van der Waals surface area contributed by atoms with E-state index >= 15 is 0 Å². The van der Waals surface area contributed by atoms with Gasteiger partial charge < -0.3 is 10.8 Å². The molecule has 1 amide bonds. The first-order valence-corrected chi connectivity index (χ1v) is 6.84. The average Bonchev–Trinajstić information content (AvgIpc) is 3.02. The molecule has 4 nitrogen and oxygen atoms in total. The van der Waals surface area contributed by atoms with Crippen LogP contribution in [0.4, 0.5) is 10.5 Å². The summed E-state index contributed by atoms with van der Waals surface area (Å²) >= 11 is 16.9. The lowest BCUT2D eigenvalue weighted by atomic mass is 10.1. The van der Waals surface area contributed by atoms with Gasteiger partial charge in [-0.05, 0) is 24.1 Å². The lowest BCUT2D eigenvalue weighted by molar-refractivity contribution is 0.202. The van der Waals surface area contributed by atoms with Crippen LogP contribution in [0.5, 0.6) is 0 Å². The number of alkyl halides is 3. The summed E-state index contributed by atoms with van der Waals surface area (Å²) in [4.78, 5) is 12.2. The van der Waals surface area contributed by atoms with Crippen molar-refractivity contribution in [3.8, 4) is 0 Å². The standard InChI is InChI=1S/C12H13Cl3N2O2.ClH/c13-12(14,15)6-17(11(18)19)8-3-1-7(2-4-8)9-5-10(9)16;/h1-4,9-10H,5-6,16H2,(H,18,19);1H. The van der Waals surface area contributed by atoms with Crippen molar-refractivity contribution in [3.63, 3.8) is 0 Å². The van der Waals surface area contributed by atoms with Gasteiger partial charge in [0.25, 0.3) is 0 Å². The van der Waals surface area contributed by atoms with E-state index in [9.17, 15) is 4.79 Å². The summed E-state index contributed by atoms with van der Waals surface area (Å²) in [5.74, 6) is 0.375. The van der Waals surface area contributed by atoms with Gasteiger partial charge in [0.1, 0.15) is 0 Å². The van der Waals surface area contributed by atoms with E-state index < -0.39 is 9.89 Å². The van der Waals surface area contributed by atoms with Crippen molar-refractivity contribution in [3.05, 3.63) is 29.8 Å². The van der Waals surface area contributed by atoms with E-state index in [2.05, 4.69) is 0 Å². The Bertz CT molecular complexity index is 475. The van der Waals surface area contributed by atoms with Gasteiger partial charge in [-0.3, -0.25) is 4.90 Å². The summed E-state index contributed by atoms with van der Waals surface area (Å²) < 4.78 is -1.66. The van der Waals surface area contributed by atoms with E-state index in [1.54, 1.807) is 12.1 Å². The second kappa shape index (κ2) is 6.58. The third-order valence-corrected chi connectivity index (χ3v) is 3.40. The highest BCUT2D eigenvalue weighted by molar-refractivity contribution is 6.68. The smallest absolute Gasteiger partial charge is 0.411 e. The van der Waals surface area contributed by atoms with Crippen LogP contribution in [0, 0.1) is 0 Å². The largest absolute Gasteiger partial charge is 0.465 e. The molecule has 2 atom stereocenters. The highest BCUT2D eigenvalue weighted by atomic mass is 35.6. The van der Waals surface area contributed by atoms with Crippen LogP contribution < -0.4 is 10.6 Å². The third kappa shape index (κ3) is 4.57. The van der Waals surface area contributed by atoms with Gasteiger partial charge >= 0.3 is 6.09 Å². The van der Waals surface area contributed by atoms with Crippen LogP contribution in [-0.2, 0) is 0 Å². The van der Waals surface area contributed by atoms with Crippen LogP contribution in [-0.4, -0.2) is 27.6 Å². The molecular weight excluding hydrogens is 346 g/mol. The maximum absolute atomic E-state index is 11.2. The first kappa shape index (κ1) is 17.7. The highest BCUT2D eigenvalue weighted by Crippen LogP contribution is 2.39. The van der Waals surface area contributed by atoms with Crippen molar-refractivity contribution >= 4 is 59.0 Å². The molecular formula is C12H14Cl4N2O2. The van der Waals surface area contributed by atoms with Crippen LogP contribution in [0.1, 0.15) is 17.9 Å². The lowest BCUT2D eigenvalue weighted by Crippen LogP contribution is -2.36. The van der Waals surface area contributed by atoms with Crippen molar-refractivity contribution in [1.29, 1.82) is 0 Å². The van der Waals surface area contributed by atoms with E-state index in [1.165, 1.54) is 0 Å². The maximum atomic E-state index is 11.2. The molecule has 2 unspecified atom stereocenters. The lowest BCUT2D eigenvalue weighted by Gasteiger charge is -2.23. The molecule has 112 valence electrons. The molecule has 1 fully saturated rings. The number of hydrogen-bond acceptors (Lipinski definition) is 2. The van der Waals surface area contributed by atoms with Gasteiger partial charge in [0.2, 0.25) is 3.79 Å². The summed E-state index contributed by atoms with van der Waals surface area (Å²) in [6.45, 7) is -0.227. The molecule has 0 spiro atoms. The number of rotatable bonds is 3. The summed E-state index contributed by atoms with van der Waals surface area (Å²) in [6, 6.07) is 7.33. The van der Waals surface area contributed by atoms with Gasteiger partial charge in [0, 0.05) is 17.6 Å². The molecule has 8 heteroatoms. The minimum absolute atomic E-state index is 0. The Morgan fingerprint density at radius 1 is 1.35 bits per heavy atom.